The number of aromatic nitrogens is 2. The van der Waals surface area contributed by atoms with Gasteiger partial charge in [0.15, 0.2) is 5.78 Å². The van der Waals surface area contributed by atoms with Gasteiger partial charge in [0.25, 0.3) is 0 Å². The lowest BCUT2D eigenvalue weighted by molar-refractivity contribution is 0.0697. The highest BCUT2D eigenvalue weighted by Crippen LogP contribution is 2.36. The number of fused-ring (bicyclic) bond motifs is 1. The van der Waals surface area contributed by atoms with Gasteiger partial charge in [-0.15, -0.1) is 0 Å². The number of hydrogen-bond acceptors (Lipinski definition) is 3. The summed E-state index contributed by atoms with van der Waals surface area (Å²) in [5, 5.41) is 10.1. The van der Waals surface area contributed by atoms with Gasteiger partial charge in [-0.05, 0) is 53.3 Å². The van der Waals surface area contributed by atoms with Crippen LogP contribution >= 0.6 is 0 Å². The van der Waals surface area contributed by atoms with Crippen LogP contribution < -0.4 is 0 Å². The predicted octanol–water partition coefficient (Wildman–Crippen LogP) is 7.89. The van der Waals surface area contributed by atoms with Crippen molar-refractivity contribution in [3.05, 3.63) is 114 Å². The number of benzene rings is 4. The highest BCUT2D eigenvalue weighted by molar-refractivity contribution is 6.04. The molecule has 190 valence electrons. The summed E-state index contributed by atoms with van der Waals surface area (Å²) < 4.78 is 15.2. The molecule has 1 heterocycles. The molecule has 2 N–H and O–H groups in total. The van der Waals surface area contributed by atoms with E-state index in [0.29, 0.717) is 28.0 Å². The van der Waals surface area contributed by atoms with Crippen molar-refractivity contribution in [3.8, 4) is 22.5 Å². The molecule has 0 spiro atoms. The van der Waals surface area contributed by atoms with Crippen LogP contribution in [0.1, 0.15) is 58.4 Å². The molecule has 0 radical (unpaired) electrons. The first kappa shape index (κ1) is 25.1. The number of carboxylic acids is 1. The van der Waals surface area contributed by atoms with Gasteiger partial charge in [-0.3, -0.25) is 4.79 Å². The Morgan fingerprint density at radius 2 is 1.68 bits per heavy atom. The molecule has 5 aromatic rings. The van der Waals surface area contributed by atoms with Gasteiger partial charge >= 0.3 is 5.97 Å². The second-order valence-corrected chi connectivity index (χ2v) is 9.35. The second-order valence-electron chi connectivity index (χ2n) is 9.35. The zero-order valence-electron chi connectivity index (χ0n) is 20.9. The van der Waals surface area contributed by atoms with E-state index in [0.717, 1.165) is 23.9 Å². The molecule has 0 saturated carbocycles. The number of carbonyl (C=O) groups excluding carboxylic acids is 1. The Morgan fingerprint density at radius 1 is 0.921 bits per heavy atom. The summed E-state index contributed by atoms with van der Waals surface area (Å²) in [6.07, 6.45) is 2.06. The van der Waals surface area contributed by atoms with Gasteiger partial charge in [0.05, 0.1) is 22.2 Å². The van der Waals surface area contributed by atoms with E-state index in [-0.39, 0.29) is 29.2 Å². The summed E-state index contributed by atoms with van der Waals surface area (Å²) >= 11 is 0. The monoisotopic (exact) mass is 506 g/mol. The van der Waals surface area contributed by atoms with Crippen LogP contribution in [0.3, 0.4) is 0 Å². The highest BCUT2D eigenvalue weighted by Gasteiger charge is 2.23. The number of H-pyrrole nitrogens is 1. The Bertz CT molecular complexity index is 1590. The van der Waals surface area contributed by atoms with Crippen LogP contribution in [0, 0.1) is 5.82 Å². The fourth-order valence-electron chi connectivity index (χ4n) is 4.99. The van der Waals surface area contributed by atoms with Crippen molar-refractivity contribution in [3.63, 3.8) is 0 Å². The molecule has 5 nitrogen and oxygen atoms in total. The first-order valence-corrected chi connectivity index (χ1v) is 12.7. The molecule has 1 atom stereocenters. The van der Waals surface area contributed by atoms with E-state index in [1.807, 2.05) is 54.6 Å². The van der Waals surface area contributed by atoms with Gasteiger partial charge in [-0.1, -0.05) is 80.1 Å². The number of carbonyl (C=O) groups is 2. The van der Waals surface area contributed by atoms with E-state index in [1.54, 1.807) is 18.2 Å². The average Bonchev–Trinajstić information content (AvgIpc) is 3.36. The van der Waals surface area contributed by atoms with Gasteiger partial charge in [-0.2, -0.15) is 0 Å². The summed E-state index contributed by atoms with van der Waals surface area (Å²) in [5.41, 5.74) is 3.65. The van der Waals surface area contributed by atoms with E-state index < -0.39 is 11.8 Å². The van der Waals surface area contributed by atoms with Crippen LogP contribution in [0.15, 0.2) is 91.0 Å². The number of halogens is 1. The number of ketones is 1. The van der Waals surface area contributed by atoms with Crippen LogP contribution in [-0.4, -0.2) is 26.8 Å². The molecule has 0 bridgehead atoms. The van der Waals surface area contributed by atoms with Crippen molar-refractivity contribution >= 4 is 22.8 Å². The van der Waals surface area contributed by atoms with Crippen LogP contribution in [-0.2, 0) is 0 Å². The lowest BCUT2D eigenvalue weighted by Gasteiger charge is -2.17. The summed E-state index contributed by atoms with van der Waals surface area (Å²) in [5.74, 6) is -1.49. The number of hydrogen-bond donors (Lipinski definition) is 2. The van der Waals surface area contributed by atoms with Crippen molar-refractivity contribution in [2.75, 3.05) is 0 Å². The molecule has 0 aliphatic heterocycles. The Labute approximate surface area is 220 Å². The molecule has 0 amide bonds. The molecule has 0 unspecified atom stereocenters. The number of Topliss-reactive ketones (excluding diaryl/α,β-unsaturated/α-hetero) is 1. The number of rotatable bonds is 9. The number of carboxylic acid groups (broad SMARTS) is 1. The van der Waals surface area contributed by atoms with E-state index in [4.69, 9.17) is 0 Å². The van der Waals surface area contributed by atoms with Gasteiger partial charge in [0.1, 0.15) is 11.6 Å². The van der Waals surface area contributed by atoms with Crippen molar-refractivity contribution in [2.24, 2.45) is 0 Å². The standard InChI is InChI=1S/C32H27FN2O3/c1-2-9-21(20-10-4-3-5-11-20)19-29(36)22-16-17-23(25(18-22)32(37)38)24-12-8-13-26(33)30(24)31-34-27-14-6-7-15-28(27)35-31/h3-8,10-18,21H,2,9,19H2,1H3,(H,34,35)(H,37,38)/t21-/m0/s1. The average molecular weight is 507 g/mol. The number of nitrogens with zero attached hydrogens (tertiary/aromatic N) is 1. The Hall–Kier alpha value is -4.58. The SMILES string of the molecule is CCC[C@@H](CC(=O)c1ccc(-c2cccc(F)c2-c2nc3ccccc3[nH]2)c(C(=O)O)c1)c1ccccc1. The molecule has 0 aliphatic carbocycles. The smallest absolute Gasteiger partial charge is 0.336 e. The van der Waals surface area contributed by atoms with Gasteiger partial charge in [0.2, 0.25) is 0 Å². The zero-order valence-corrected chi connectivity index (χ0v) is 20.9. The molecule has 1 aromatic heterocycles. The maximum Gasteiger partial charge on any atom is 0.336 e. The third-order valence-corrected chi connectivity index (χ3v) is 6.84. The van der Waals surface area contributed by atoms with Crippen LogP contribution in [0.25, 0.3) is 33.5 Å². The minimum atomic E-state index is -1.19. The van der Waals surface area contributed by atoms with E-state index in [9.17, 15) is 14.7 Å². The fourth-order valence-corrected chi connectivity index (χ4v) is 4.99. The van der Waals surface area contributed by atoms with E-state index in [1.165, 1.54) is 18.2 Å². The van der Waals surface area contributed by atoms with Crippen molar-refractivity contribution < 1.29 is 19.1 Å². The maximum atomic E-state index is 15.2. The molecule has 0 saturated heterocycles. The first-order chi connectivity index (χ1) is 18.5. The number of aromatic amines is 1. The summed E-state index contributed by atoms with van der Waals surface area (Å²) in [4.78, 5) is 33.3. The summed E-state index contributed by atoms with van der Waals surface area (Å²) in [6.45, 7) is 2.08. The fraction of sp³-hybridized carbons (Fsp3) is 0.156. The maximum absolute atomic E-state index is 15.2. The van der Waals surface area contributed by atoms with Crippen molar-refractivity contribution in [1.82, 2.24) is 9.97 Å². The number of imidazole rings is 1. The molecular weight excluding hydrogens is 479 g/mol. The predicted molar refractivity (Wildman–Crippen MR) is 147 cm³/mol. The Morgan fingerprint density at radius 3 is 2.42 bits per heavy atom. The second kappa shape index (κ2) is 10.8. The quantitative estimate of drug-likeness (QED) is 0.199. The van der Waals surface area contributed by atoms with Crippen LogP contribution in [0.2, 0.25) is 0 Å². The largest absolute Gasteiger partial charge is 0.478 e. The molecule has 0 fully saturated rings. The Kier molecular flexibility index (Phi) is 7.13. The molecule has 38 heavy (non-hydrogen) atoms. The lowest BCUT2D eigenvalue weighted by Crippen LogP contribution is -2.10. The highest BCUT2D eigenvalue weighted by atomic mass is 19.1. The Balaban J connectivity index is 1.54. The summed E-state index contributed by atoms with van der Waals surface area (Å²) in [7, 11) is 0. The van der Waals surface area contributed by atoms with Gasteiger partial charge in [0, 0.05) is 12.0 Å². The molecule has 4 aromatic carbocycles. The molecular formula is C32H27FN2O3. The molecule has 6 heteroatoms. The molecule has 0 aliphatic rings. The summed E-state index contributed by atoms with van der Waals surface area (Å²) in [6, 6.07) is 26.4. The van der Waals surface area contributed by atoms with E-state index >= 15 is 4.39 Å². The zero-order chi connectivity index (χ0) is 26.6. The number of para-hydroxylation sites is 2. The first-order valence-electron chi connectivity index (χ1n) is 12.7. The lowest BCUT2D eigenvalue weighted by atomic mass is 9.87. The molecule has 5 rings (SSSR count). The third kappa shape index (κ3) is 4.98. The number of nitrogens with one attached hydrogen (secondary N) is 1. The van der Waals surface area contributed by atoms with Crippen molar-refractivity contribution in [2.45, 2.75) is 32.1 Å². The van der Waals surface area contributed by atoms with Gasteiger partial charge < -0.3 is 10.1 Å². The van der Waals surface area contributed by atoms with Crippen LogP contribution in [0.5, 0.6) is 0 Å². The minimum Gasteiger partial charge on any atom is -0.478 e. The van der Waals surface area contributed by atoms with E-state index in [2.05, 4.69) is 16.9 Å². The van der Waals surface area contributed by atoms with Gasteiger partial charge in [-0.25, -0.2) is 14.2 Å². The number of aromatic carboxylic acids is 1. The normalized spacial score (nSPS) is 11.9. The van der Waals surface area contributed by atoms with Crippen LogP contribution in [0.4, 0.5) is 4.39 Å². The third-order valence-electron chi connectivity index (χ3n) is 6.84. The topological polar surface area (TPSA) is 83.0 Å². The minimum absolute atomic E-state index is 0.0459. The van der Waals surface area contributed by atoms with Crippen molar-refractivity contribution in [1.29, 1.82) is 0 Å².